The topological polar surface area (TPSA) is 55.6 Å². The molecule has 1 aromatic rings. The van der Waals surface area contributed by atoms with E-state index in [0.29, 0.717) is 18.3 Å². The van der Waals surface area contributed by atoms with Crippen molar-refractivity contribution in [1.82, 2.24) is 0 Å². The van der Waals surface area contributed by atoms with E-state index in [2.05, 4.69) is 51.7 Å². The average molecular weight is 335 g/mol. The monoisotopic (exact) mass is 334 g/mol. The molecule has 0 unspecified atom stereocenters. The number of anilines is 2. The molecule has 136 valence electrons. The summed E-state index contributed by atoms with van der Waals surface area (Å²) in [5, 5.41) is 0. The van der Waals surface area contributed by atoms with E-state index in [0.717, 1.165) is 36.4 Å². The molecule has 0 fully saturated rings. The molecule has 0 spiro atoms. The summed E-state index contributed by atoms with van der Waals surface area (Å²) < 4.78 is 4.81. The van der Waals surface area contributed by atoms with Gasteiger partial charge in [0, 0.05) is 13.1 Å². The molecule has 1 atom stereocenters. The molecule has 4 nitrogen and oxygen atoms in total. The van der Waals surface area contributed by atoms with Crippen LogP contribution in [-0.4, -0.2) is 26.2 Å². The number of ether oxygens (including phenoxy) is 1. The lowest BCUT2D eigenvalue weighted by molar-refractivity contribution is -0.141. The van der Waals surface area contributed by atoms with Gasteiger partial charge in [0.2, 0.25) is 0 Å². The first-order chi connectivity index (χ1) is 11.3. The minimum Gasteiger partial charge on any atom is -0.469 e. The summed E-state index contributed by atoms with van der Waals surface area (Å²) in [6.07, 6.45) is 1.28. The highest BCUT2D eigenvalue weighted by Crippen LogP contribution is 2.31. The summed E-state index contributed by atoms with van der Waals surface area (Å²) >= 11 is 0. The number of benzene rings is 1. The van der Waals surface area contributed by atoms with E-state index in [9.17, 15) is 4.79 Å². The van der Waals surface area contributed by atoms with E-state index in [1.165, 1.54) is 7.11 Å². The van der Waals surface area contributed by atoms with Crippen LogP contribution in [-0.2, 0) is 9.53 Å². The zero-order valence-electron chi connectivity index (χ0n) is 16.1. The molecule has 1 aromatic carbocycles. The Labute approximate surface area is 147 Å². The summed E-state index contributed by atoms with van der Waals surface area (Å²) in [6, 6.07) is 6.24. The number of rotatable bonds is 9. The zero-order chi connectivity index (χ0) is 18.3. The second-order valence-electron chi connectivity index (χ2n) is 7.40. The van der Waals surface area contributed by atoms with Crippen LogP contribution in [0.15, 0.2) is 18.2 Å². The molecule has 1 rings (SSSR count). The smallest absolute Gasteiger partial charge is 0.306 e. The molecule has 0 radical (unpaired) electrons. The second kappa shape index (κ2) is 9.55. The van der Waals surface area contributed by atoms with E-state index in [1.807, 2.05) is 6.07 Å². The van der Waals surface area contributed by atoms with E-state index < -0.39 is 0 Å². The number of esters is 1. The van der Waals surface area contributed by atoms with Gasteiger partial charge in [-0.2, -0.15) is 0 Å². The molecule has 24 heavy (non-hydrogen) atoms. The number of nitrogens with zero attached hydrogens (tertiary/aromatic N) is 1. The molecule has 0 bridgehead atoms. The molecule has 0 amide bonds. The minimum atomic E-state index is -0.175. The number of nitrogen functional groups attached to an aromatic ring is 1. The largest absolute Gasteiger partial charge is 0.469 e. The third-order valence-corrected chi connectivity index (χ3v) is 4.17. The van der Waals surface area contributed by atoms with Gasteiger partial charge < -0.3 is 15.4 Å². The fourth-order valence-corrected chi connectivity index (χ4v) is 3.05. The van der Waals surface area contributed by atoms with Gasteiger partial charge in [-0.3, -0.25) is 4.79 Å². The Bertz CT molecular complexity index is 516. The number of methoxy groups -OCH3 is 1. The number of hydrogen-bond donors (Lipinski definition) is 1. The molecule has 0 saturated carbocycles. The lowest BCUT2D eigenvalue weighted by Gasteiger charge is -2.30. The van der Waals surface area contributed by atoms with Crippen LogP contribution in [0.4, 0.5) is 11.4 Å². The Morgan fingerprint density at radius 2 is 1.75 bits per heavy atom. The Morgan fingerprint density at radius 1 is 1.17 bits per heavy atom. The highest BCUT2D eigenvalue weighted by Gasteiger charge is 2.18. The first-order valence-electron chi connectivity index (χ1n) is 8.99. The van der Waals surface area contributed by atoms with Crippen LogP contribution in [0.2, 0.25) is 0 Å². The third kappa shape index (κ3) is 6.06. The third-order valence-electron chi connectivity index (χ3n) is 4.17. The van der Waals surface area contributed by atoms with Crippen molar-refractivity contribution >= 4 is 17.3 Å². The summed E-state index contributed by atoms with van der Waals surface area (Å²) in [4.78, 5) is 14.0. The fourth-order valence-electron chi connectivity index (χ4n) is 3.05. The van der Waals surface area contributed by atoms with Gasteiger partial charge in [-0.05, 0) is 41.9 Å². The van der Waals surface area contributed by atoms with Crippen LogP contribution < -0.4 is 10.6 Å². The maximum Gasteiger partial charge on any atom is 0.306 e. The number of carbonyl (C=O) groups is 1. The Hall–Kier alpha value is -1.71. The highest BCUT2D eigenvalue weighted by molar-refractivity contribution is 5.72. The summed E-state index contributed by atoms with van der Waals surface area (Å²) in [7, 11) is 1.43. The van der Waals surface area contributed by atoms with Gasteiger partial charge in [0.15, 0.2) is 0 Å². The second-order valence-corrected chi connectivity index (χ2v) is 7.40. The van der Waals surface area contributed by atoms with Gasteiger partial charge in [0.25, 0.3) is 0 Å². The van der Waals surface area contributed by atoms with Crippen molar-refractivity contribution in [1.29, 1.82) is 0 Å². The van der Waals surface area contributed by atoms with Crippen LogP contribution in [0.3, 0.4) is 0 Å². The highest BCUT2D eigenvalue weighted by atomic mass is 16.5. The zero-order valence-corrected chi connectivity index (χ0v) is 16.1. The number of nitrogens with two attached hydrogens (primary N) is 1. The lowest BCUT2D eigenvalue weighted by atomic mass is 9.92. The molecule has 2 N–H and O–H groups in total. The molecule has 4 heteroatoms. The Morgan fingerprint density at radius 3 is 2.17 bits per heavy atom. The minimum absolute atomic E-state index is 0.150. The Balaban J connectivity index is 3.04. The van der Waals surface area contributed by atoms with E-state index in [1.54, 1.807) is 0 Å². The predicted octanol–water partition coefficient (Wildman–Crippen LogP) is 4.44. The molecular formula is C20H34N2O2. The van der Waals surface area contributed by atoms with Crippen LogP contribution in [0.5, 0.6) is 0 Å². The van der Waals surface area contributed by atoms with Gasteiger partial charge >= 0.3 is 5.97 Å². The Kier molecular flexibility index (Phi) is 8.09. The molecule has 0 heterocycles. The first kappa shape index (κ1) is 20.3. The average Bonchev–Trinajstić information content (AvgIpc) is 2.50. The standard InChI is InChI=1S/C20H34N2O2/c1-7-16(11-20(23)24-6)17-8-9-19(18(21)10-17)22(12-14(2)3)13-15(4)5/h8-10,14-16H,7,11-13,21H2,1-6H3/t16-/m1/s1. The van der Waals surface area contributed by atoms with Crippen LogP contribution >= 0.6 is 0 Å². The van der Waals surface area contributed by atoms with Crippen LogP contribution in [0, 0.1) is 11.8 Å². The molecule has 0 aliphatic rings. The van der Waals surface area contributed by atoms with Gasteiger partial charge in [0.1, 0.15) is 0 Å². The molecule has 0 aromatic heterocycles. The summed E-state index contributed by atoms with van der Waals surface area (Å²) in [5.41, 5.74) is 9.36. The molecule has 0 aliphatic carbocycles. The molecule has 0 saturated heterocycles. The fraction of sp³-hybridized carbons (Fsp3) is 0.650. The van der Waals surface area contributed by atoms with Gasteiger partial charge in [-0.1, -0.05) is 40.7 Å². The summed E-state index contributed by atoms with van der Waals surface area (Å²) in [6.45, 7) is 13.0. The van der Waals surface area contributed by atoms with E-state index >= 15 is 0 Å². The van der Waals surface area contributed by atoms with Crippen molar-refractivity contribution in [3.8, 4) is 0 Å². The van der Waals surface area contributed by atoms with Crippen molar-refractivity contribution in [3.05, 3.63) is 23.8 Å². The molecular weight excluding hydrogens is 300 g/mol. The van der Waals surface area contributed by atoms with E-state index in [4.69, 9.17) is 10.5 Å². The van der Waals surface area contributed by atoms with E-state index in [-0.39, 0.29) is 11.9 Å². The van der Waals surface area contributed by atoms with Gasteiger partial charge in [-0.25, -0.2) is 0 Å². The predicted molar refractivity (Wildman–Crippen MR) is 102 cm³/mol. The van der Waals surface area contributed by atoms with Crippen molar-refractivity contribution in [2.24, 2.45) is 11.8 Å². The van der Waals surface area contributed by atoms with Crippen molar-refractivity contribution in [2.45, 2.75) is 53.4 Å². The maximum absolute atomic E-state index is 11.6. The van der Waals surface area contributed by atoms with Crippen molar-refractivity contribution < 1.29 is 9.53 Å². The lowest BCUT2D eigenvalue weighted by Crippen LogP contribution is -2.32. The number of carbonyl (C=O) groups excluding carboxylic acids is 1. The number of hydrogen-bond acceptors (Lipinski definition) is 4. The maximum atomic E-state index is 11.6. The SMILES string of the molecule is CC[C@H](CC(=O)OC)c1ccc(N(CC(C)C)CC(C)C)c(N)c1. The van der Waals surface area contributed by atoms with Crippen LogP contribution in [0.1, 0.15) is 58.9 Å². The molecule has 0 aliphatic heterocycles. The van der Waals surface area contributed by atoms with Gasteiger partial charge in [0.05, 0.1) is 24.9 Å². The first-order valence-corrected chi connectivity index (χ1v) is 8.99. The van der Waals surface area contributed by atoms with Crippen molar-refractivity contribution in [3.63, 3.8) is 0 Å². The van der Waals surface area contributed by atoms with Crippen molar-refractivity contribution in [2.75, 3.05) is 30.8 Å². The quantitative estimate of drug-likeness (QED) is 0.535. The normalized spacial score (nSPS) is 12.5. The van der Waals surface area contributed by atoms with Gasteiger partial charge in [-0.15, -0.1) is 0 Å². The summed E-state index contributed by atoms with van der Waals surface area (Å²) in [5.74, 6) is 1.12. The van der Waals surface area contributed by atoms with Crippen LogP contribution in [0.25, 0.3) is 0 Å².